The molecule has 98 valence electrons. The summed E-state index contributed by atoms with van der Waals surface area (Å²) in [4.78, 5) is 11.3. The van der Waals surface area contributed by atoms with Crippen molar-refractivity contribution in [3.8, 4) is 0 Å². The summed E-state index contributed by atoms with van der Waals surface area (Å²) in [6.07, 6.45) is 0. The molecule has 19 heavy (non-hydrogen) atoms. The lowest BCUT2D eigenvalue weighted by Gasteiger charge is -2.08. The molecule has 1 amide bonds. The Morgan fingerprint density at radius 3 is 2.16 bits per heavy atom. The van der Waals surface area contributed by atoms with E-state index in [4.69, 9.17) is 5.73 Å². The molecule has 0 aliphatic carbocycles. The maximum atomic E-state index is 12.3. The van der Waals surface area contributed by atoms with Gasteiger partial charge in [0.05, 0.1) is 16.2 Å². The highest BCUT2D eigenvalue weighted by Crippen LogP contribution is 2.20. The lowest BCUT2D eigenvalue weighted by molar-refractivity contribution is 0.0997. The summed E-state index contributed by atoms with van der Waals surface area (Å²) in [6.45, 7) is 0. The Morgan fingerprint density at radius 1 is 0.947 bits per heavy atom. The number of rotatable bonds is 4. The molecule has 4 nitrogen and oxygen atoms in total. The van der Waals surface area contributed by atoms with E-state index in [1.807, 2.05) is 6.07 Å². The van der Waals surface area contributed by atoms with Crippen molar-refractivity contribution in [1.82, 2.24) is 0 Å². The minimum Gasteiger partial charge on any atom is -0.366 e. The average molecular weight is 275 g/mol. The fraction of sp³-hybridized carbons (Fsp3) is 0.0714. The topological polar surface area (TPSA) is 77.2 Å². The van der Waals surface area contributed by atoms with Gasteiger partial charge in [0.2, 0.25) is 5.91 Å². The van der Waals surface area contributed by atoms with E-state index in [2.05, 4.69) is 0 Å². The van der Waals surface area contributed by atoms with Gasteiger partial charge in [-0.2, -0.15) is 0 Å². The Bertz CT molecular complexity index is 694. The van der Waals surface area contributed by atoms with Gasteiger partial charge >= 0.3 is 0 Å². The Morgan fingerprint density at radius 2 is 1.53 bits per heavy atom. The van der Waals surface area contributed by atoms with Crippen molar-refractivity contribution < 1.29 is 13.2 Å². The number of amides is 1. The normalized spacial score (nSPS) is 11.2. The van der Waals surface area contributed by atoms with Crippen molar-refractivity contribution in [3.05, 3.63) is 65.7 Å². The molecule has 2 aromatic carbocycles. The summed E-state index contributed by atoms with van der Waals surface area (Å²) in [6, 6.07) is 14.8. The first kappa shape index (κ1) is 13.3. The van der Waals surface area contributed by atoms with Crippen LogP contribution in [0.15, 0.2) is 59.5 Å². The van der Waals surface area contributed by atoms with Gasteiger partial charge in [-0.15, -0.1) is 0 Å². The average Bonchev–Trinajstić information content (AvgIpc) is 2.39. The van der Waals surface area contributed by atoms with Crippen molar-refractivity contribution in [3.63, 3.8) is 0 Å². The Labute approximate surface area is 111 Å². The number of carbonyl (C=O) groups excluding carboxylic acids is 1. The molecule has 0 unspecified atom stereocenters. The van der Waals surface area contributed by atoms with Gasteiger partial charge in [0, 0.05) is 0 Å². The first-order chi connectivity index (χ1) is 9.00. The summed E-state index contributed by atoms with van der Waals surface area (Å²) >= 11 is 0. The first-order valence-corrected chi connectivity index (χ1v) is 7.31. The third-order valence-electron chi connectivity index (χ3n) is 2.69. The molecule has 0 aliphatic heterocycles. The number of primary amides is 1. The minimum atomic E-state index is -3.59. The highest BCUT2D eigenvalue weighted by molar-refractivity contribution is 7.90. The molecule has 0 fully saturated rings. The van der Waals surface area contributed by atoms with E-state index in [0.29, 0.717) is 5.56 Å². The molecule has 0 saturated carbocycles. The van der Waals surface area contributed by atoms with E-state index < -0.39 is 15.7 Å². The minimum absolute atomic E-state index is 0.0219. The highest BCUT2D eigenvalue weighted by atomic mass is 32.2. The molecule has 5 heteroatoms. The number of nitrogens with two attached hydrogens (primary N) is 1. The van der Waals surface area contributed by atoms with E-state index in [0.717, 1.165) is 0 Å². The van der Waals surface area contributed by atoms with Crippen LogP contribution in [0.25, 0.3) is 0 Å². The molecule has 0 spiro atoms. The largest absolute Gasteiger partial charge is 0.366 e. The van der Waals surface area contributed by atoms with Gasteiger partial charge in [0.1, 0.15) is 0 Å². The number of sulfone groups is 1. The predicted molar refractivity (Wildman–Crippen MR) is 72.3 cm³/mol. The van der Waals surface area contributed by atoms with E-state index >= 15 is 0 Å². The van der Waals surface area contributed by atoms with Crippen LogP contribution in [-0.2, 0) is 15.6 Å². The molecule has 0 aliphatic rings. The molecule has 2 rings (SSSR count). The Hall–Kier alpha value is -2.14. The molecule has 0 radical (unpaired) electrons. The summed E-state index contributed by atoms with van der Waals surface area (Å²) in [5.74, 6) is -0.898. The third-order valence-corrected chi connectivity index (χ3v) is 4.43. The number of hydrogen-bond acceptors (Lipinski definition) is 3. The third kappa shape index (κ3) is 3.00. The van der Waals surface area contributed by atoms with Gasteiger partial charge in [-0.05, 0) is 17.7 Å². The van der Waals surface area contributed by atoms with Crippen LogP contribution >= 0.6 is 0 Å². The second-order valence-corrected chi connectivity index (χ2v) is 6.06. The van der Waals surface area contributed by atoms with Gasteiger partial charge in [-0.25, -0.2) is 8.42 Å². The second kappa shape index (κ2) is 5.24. The Balaban J connectivity index is 2.43. The number of benzene rings is 2. The molecule has 2 N–H and O–H groups in total. The van der Waals surface area contributed by atoms with Crippen molar-refractivity contribution in [2.24, 2.45) is 5.73 Å². The van der Waals surface area contributed by atoms with Crippen LogP contribution in [0.4, 0.5) is 0 Å². The lowest BCUT2D eigenvalue weighted by Crippen LogP contribution is -2.17. The Kier molecular flexibility index (Phi) is 3.66. The smallest absolute Gasteiger partial charge is 0.250 e. The maximum absolute atomic E-state index is 12.3. The molecule has 2 aromatic rings. The zero-order valence-electron chi connectivity index (χ0n) is 10.1. The highest BCUT2D eigenvalue weighted by Gasteiger charge is 2.21. The quantitative estimate of drug-likeness (QED) is 0.923. The van der Waals surface area contributed by atoms with Crippen molar-refractivity contribution in [2.75, 3.05) is 0 Å². The van der Waals surface area contributed by atoms with Crippen LogP contribution in [0.5, 0.6) is 0 Å². The fourth-order valence-electron chi connectivity index (χ4n) is 1.81. The van der Waals surface area contributed by atoms with E-state index in [9.17, 15) is 13.2 Å². The van der Waals surface area contributed by atoms with Gasteiger partial charge in [0.15, 0.2) is 9.84 Å². The molecular weight excluding hydrogens is 262 g/mol. The van der Waals surface area contributed by atoms with E-state index in [1.165, 1.54) is 12.1 Å². The van der Waals surface area contributed by atoms with Crippen LogP contribution in [0, 0.1) is 0 Å². The first-order valence-electron chi connectivity index (χ1n) is 5.66. The van der Waals surface area contributed by atoms with Crippen molar-refractivity contribution in [2.45, 2.75) is 10.6 Å². The zero-order valence-corrected chi connectivity index (χ0v) is 10.9. The van der Waals surface area contributed by atoms with Crippen molar-refractivity contribution in [1.29, 1.82) is 0 Å². The van der Waals surface area contributed by atoms with Gasteiger partial charge < -0.3 is 5.73 Å². The zero-order chi connectivity index (χ0) is 13.9. The monoisotopic (exact) mass is 275 g/mol. The van der Waals surface area contributed by atoms with Crippen LogP contribution in [-0.4, -0.2) is 14.3 Å². The van der Waals surface area contributed by atoms with Gasteiger partial charge in [0.25, 0.3) is 0 Å². The SMILES string of the molecule is NC(=O)c1ccccc1S(=O)(=O)Cc1ccccc1. The van der Waals surface area contributed by atoms with E-state index in [1.54, 1.807) is 36.4 Å². The van der Waals surface area contributed by atoms with Gasteiger partial charge in [-0.3, -0.25) is 4.79 Å². The van der Waals surface area contributed by atoms with Gasteiger partial charge in [-0.1, -0.05) is 42.5 Å². The molecule has 0 bridgehead atoms. The van der Waals surface area contributed by atoms with Crippen LogP contribution < -0.4 is 5.73 Å². The number of carbonyl (C=O) groups is 1. The lowest BCUT2D eigenvalue weighted by atomic mass is 10.2. The maximum Gasteiger partial charge on any atom is 0.250 e. The predicted octanol–water partition coefficient (Wildman–Crippen LogP) is 1.76. The van der Waals surface area contributed by atoms with Crippen molar-refractivity contribution >= 4 is 15.7 Å². The summed E-state index contributed by atoms with van der Waals surface area (Å²) < 4.78 is 24.6. The second-order valence-electron chi connectivity index (χ2n) is 4.11. The summed E-state index contributed by atoms with van der Waals surface area (Å²) in [5, 5.41) is 0. The molecule has 0 atom stereocenters. The fourth-order valence-corrected chi connectivity index (χ4v) is 3.39. The molecule has 0 heterocycles. The summed E-state index contributed by atoms with van der Waals surface area (Å²) in [7, 11) is -3.59. The standard InChI is InChI=1S/C14H13NO3S/c15-14(16)12-8-4-5-9-13(12)19(17,18)10-11-6-2-1-3-7-11/h1-9H,10H2,(H2,15,16). The molecule has 0 saturated heterocycles. The number of hydrogen-bond donors (Lipinski definition) is 1. The molecular formula is C14H13NO3S. The summed E-state index contributed by atoms with van der Waals surface area (Å²) in [5.41, 5.74) is 5.90. The van der Waals surface area contributed by atoms with E-state index in [-0.39, 0.29) is 16.2 Å². The molecule has 0 aromatic heterocycles. The van der Waals surface area contributed by atoms with Crippen LogP contribution in [0.3, 0.4) is 0 Å². The van der Waals surface area contributed by atoms with Crippen LogP contribution in [0.1, 0.15) is 15.9 Å². The van der Waals surface area contributed by atoms with Crippen LogP contribution in [0.2, 0.25) is 0 Å².